The number of aromatic nitrogens is 1. The number of aliphatic hydroxyl groups is 1. The predicted octanol–water partition coefficient (Wildman–Crippen LogP) is 1.13. The van der Waals surface area contributed by atoms with Crippen molar-refractivity contribution in [1.82, 2.24) is 13.9 Å². The van der Waals surface area contributed by atoms with Crippen LogP contribution in [0.3, 0.4) is 0 Å². The Labute approximate surface area is 228 Å². The van der Waals surface area contributed by atoms with E-state index < -0.39 is 21.8 Å². The van der Waals surface area contributed by atoms with Gasteiger partial charge in [-0.3, -0.25) is 24.5 Å². The number of ether oxygens (including phenoxy) is 1. The van der Waals surface area contributed by atoms with Gasteiger partial charge in [0.25, 0.3) is 11.8 Å². The zero-order valence-corrected chi connectivity index (χ0v) is 23.4. The van der Waals surface area contributed by atoms with Gasteiger partial charge in [0.1, 0.15) is 11.4 Å². The Morgan fingerprint density at radius 3 is 2.44 bits per heavy atom. The average molecular weight is 564 g/mol. The summed E-state index contributed by atoms with van der Waals surface area (Å²) in [5.41, 5.74) is 9.19. The Hall–Kier alpha value is -3.26. The molecule has 2 aromatic rings. The topological polar surface area (TPSA) is 164 Å². The van der Waals surface area contributed by atoms with Crippen LogP contribution < -0.4 is 15.9 Å². The minimum absolute atomic E-state index is 0.0327. The fraction of sp³-hybridized carbons (Fsp3) is 0.500. The van der Waals surface area contributed by atoms with Crippen molar-refractivity contribution in [2.24, 2.45) is 5.73 Å². The van der Waals surface area contributed by atoms with E-state index in [1.54, 1.807) is 13.8 Å². The number of hydrogen-bond donors (Lipinski definition) is 3. The number of carbonyl (C=O) groups is 3. The van der Waals surface area contributed by atoms with Gasteiger partial charge in [0.2, 0.25) is 10.0 Å². The number of nitrogens with one attached hydrogen (secondary N) is 1. The third-order valence-corrected chi connectivity index (χ3v) is 8.61. The lowest BCUT2D eigenvalue weighted by atomic mass is 10.1. The smallest absolute Gasteiger partial charge is 0.273 e. The van der Waals surface area contributed by atoms with Crippen LogP contribution in [0, 0.1) is 6.92 Å². The highest BCUT2D eigenvalue weighted by atomic mass is 32.2. The molecule has 1 aromatic heterocycles. The van der Waals surface area contributed by atoms with Crippen molar-refractivity contribution in [3.63, 3.8) is 0 Å². The number of aliphatic hydroxyl groups excluding tert-OH is 1. The summed E-state index contributed by atoms with van der Waals surface area (Å²) in [6.45, 7) is 7.83. The van der Waals surface area contributed by atoms with E-state index in [-0.39, 0.29) is 53.8 Å². The van der Waals surface area contributed by atoms with E-state index in [0.29, 0.717) is 56.4 Å². The second-order valence-corrected chi connectivity index (χ2v) is 11.2. The van der Waals surface area contributed by atoms with Crippen molar-refractivity contribution in [1.29, 1.82) is 0 Å². The minimum Gasteiger partial charge on any atom is -0.493 e. The standard InChI is InChI=1S/C26H37N5O7S/c1-4-7-22-21(17-33)18(3)24(25(27)34)31(22)28-26(35)20-16-19(8-9-23(20)38-5-2)39(36,37)30-13-11-29(12-14-30)10-6-15-32/h8-9,16-17,32H,4-7,10-15H2,1-3H3,(H2,27,34)(H,28,35). The quantitative estimate of drug-likeness (QED) is 0.305. The first-order valence-electron chi connectivity index (χ1n) is 13.0. The fourth-order valence-corrected chi connectivity index (χ4v) is 6.20. The summed E-state index contributed by atoms with van der Waals surface area (Å²) in [4.78, 5) is 39.7. The lowest BCUT2D eigenvalue weighted by molar-refractivity contribution is 0.0985. The minimum atomic E-state index is -3.92. The molecule has 0 unspecified atom stereocenters. The molecule has 13 heteroatoms. The number of primary amides is 1. The highest BCUT2D eigenvalue weighted by Crippen LogP contribution is 2.27. The summed E-state index contributed by atoms with van der Waals surface area (Å²) in [5, 5.41) is 9.05. The zero-order valence-electron chi connectivity index (χ0n) is 22.6. The summed E-state index contributed by atoms with van der Waals surface area (Å²) in [5.74, 6) is -1.38. The van der Waals surface area contributed by atoms with Gasteiger partial charge in [-0.05, 0) is 50.5 Å². The zero-order chi connectivity index (χ0) is 28.7. The largest absolute Gasteiger partial charge is 0.493 e. The number of benzene rings is 1. The second-order valence-electron chi connectivity index (χ2n) is 9.26. The molecule has 0 atom stereocenters. The number of carbonyl (C=O) groups excluding carboxylic acids is 3. The molecular formula is C26H37N5O7S. The van der Waals surface area contributed by atoms with Crippen LogP contribution in [-0.4, -0.2) is 91.4 Å². The van der Waals surface area contributed by atoms with Crippen molar-refractivity contribution < 1.29 is 32.6 Å². The van der Waals surface area contributed by atoms with Crippen molar-refractivity contribution in [3.05, 3.63) is 46.3 Å². The number of nitrogens with two attached hydrogens (primary N) is 1. The van der Waals surface area contributed by atoms with Gasteiger partial charge in [0, 0.05) is 44.9 Å². The maximum absolute atomic E-state index is 13.6. The molecule has 39 heavy (non-hydrogen) atoms. The molecule has 0 saturated carbocycles. The first-order valence-corrected chi connectivity index (χ1v) is 14.4. The van der Waals surface area contributed by atoms with Gasteiger partial charge in [-0.15, -0.1) is 0 Å². The SMILES string of the molecule is CCCc1c(C=O)c(C)c(C(N)=O)n1NC(=O)c1cc(S(=O)(=O)N2CCN(CCCO)CC2)ccc1OCC. The van der Waals surface area contributed by atoms with Crippen LogP contribution in [0.1, 0.15) is 69.2 Å². The van der Waals surface area contributed by atoms with Crippen LogP contribution in [0.4, 0.5) is 0 Å². The number of aldehydes is 1. The van der Waals surface area contributed by atoms with Gasteiger partial charge >= 0.3 is 0 Å². The lowest BCUT2D eigenvalue weighted by Gasteiger charge is -2.33. The first-order chi connectivity index (χ1) is 18.6. The molecule has 0 bridgehead atoms. The summed E-state index contributed by atoms with van der Waals surface area (Å²) in [7, 11) is -3.92. The average Bonchev–Trinajstić information content (AvgIpc) is 3.17. The van der Waals surface area contributed by atoms with Crippen LogP contribution >= 0.6 is 0 Å². The summed E-state index contributed by atoms with van der Waals surface area (Å²) in [6.07, 6.45) is 2.26. The Morgan fingerprint density at radius 1 is 1.18 bits per heavy atom. The van der Waals surface area contributed by atoms with Crippen molar-refractivity contribution in [3.8, 4) is 5.75 Å². The molecule has 3 rings (SSSR count). The number of nitrogens with zero attached hydrogens (tertiary/aromatic N) is 3. The van der Waals surface area contributed by atoms with Crippen LogP contribution in [0.25, 0.3) is 0 Å². The predicted molar refractivity (Wildman–Crippen MR) is 145 cm³/mol. The van der Waals surface area contributed by atoms with Crippen LogP contribution in [0.2, 0.25) is 0 Å². The Bertz CT molecular complexity index is 1310. The van der Waals surface area contributed by atoms with Crippen molar-refractivity contribution in [2.45, 2.75) is 44.9 Å². The highest BCUT2D eigenvalue weighted by molar-refractivity contribution is 7.89. The normalized spacial score (nSPS) is 14.8. The summed E-state index contributed by atoms with van der Waals surface area (Å²) in [6, 6.07) is 4.09. The monoisotopic (exact) mass is 563 g/mol. The summed E-state index contributed by atoms with van der Waals surface area (Å²) >= 11 is 0. The molecule has 1 aliphatic rings. The molecule has 1 aliphatic heterocycles. The van der Waals surface area contributed by atoms with E-state index in [1.807, 2.05) is 6.92 Å². The Kier molecular flexibility index (Phi) is 10.2. The molecule has 12 nitrogen and oxygen atoms in total. The molecule has 4 N–H and O–H groups in total. The number of hydrogen-bond acceptors (Lipinski definition) is 8. The van der Waals surface area contributed by atoms with Gasteiger partial charge < -0.3 is 20.5 Å². The van der Waals surface area contributed by atoms with E-state index in [9.17, 15) is 22.8 Å². The second kappa shape index (κ2) is 13.2. The van der Waals surface area contributed by atoms with Crippen molar-refractivity contribution in [2.75, 3.05) is 51.4 Å². The lowest BCUT2D eigenvalue weighted by Crippen LogP contribution is -2.48. The van der Waals surface area contributed by atoms with Gasteiger partial charge in [-0.25, -0.2) is 8.42 Å². The molecule has 214 valence electrons. The van der Waals surface area contributed by atoms with Crippen molar-refractivity contribution >= 4 is 28.1 Å². The van der Waals surface area contributed by atoms with E-state index in [0.717, 1.165) is 0 Å². The van der Waals surface area contributed by atoms with E-state index in [4.69, 9.17) is 15.6 Å². The maximum Gasteiger partial charge on any atom is 0.273 e. The maximum atomic E-state index is 13.6. The van der Waals surface area contributed by atoms with Gasteiger partial charge in [0.05, 0.1) is 22.8 Å². The third kappa shape index (κ3) is 6.49. The van der Waals surface area contributed by atoms with E-state index in [2.05, 4.69) is 10.3 Å². The number of sulfonamides is 1. The van der Waals surface area contributed by atoms with Crippen LogP contribution in [0.5, 0.6) is 5.75 Å². The van der Waals surface area contributed by atoms with Crippen LogP contribution in [-0.2, 0) is 16.4 Å². The number of amides is 2. The third-order valence-electron chi connectivity index (χ3n) is 6.71. The van der Waals surface area contributed by atoms with Gasteiger partial charge in [0.15, 0.2) is 6.29 Å². The number of rotatable bonds is 13. The van der Waals surface area contributed by atoms with E-state index >= 15 is 0 Å². The van der Waals surface area contributed by atoms with E-state index in [1.165, 1.54) is 27.2 Å². The fourth-order valence-electron chi connectivity index (χ4n) is 4.75. The summed E-state index contributed by atoms with van der Waals surface area (Å²) < 4.78 is 35.1. The Balaban J connectivity index is 1.98. The molecule has 0 radical (unpaired) electrons. The first kappa shape index (κ1) is 30.3. The van der Waals surface area contributed by atoms with Crippen LogP contribution in [0.15, 0.2) is 23.1 Å². The molecular weight excluding hydrogens is 526 g/mol. The van der Waals surface area contributed by atoms with Gasteiger partial charge in [-0.1, -0.05) is 13.3 Å². The molecule has 0 spiro atoms. The molecule has 2 heterocycles. The van der Waals surface area contributed by atoms with Gasteiger partial charge in [-0.2, -0.15) is 4.31 Å². The number of piperazine rings is 1. The Morgan fingerprint density at radius 2 is 1.87 bits per heavy atom. The molecule has 1 fully saturated rings. The molecule has 2 amide bonds. The highest BCUT2D eigenvalue weighted by Gasteiger charge is 2.30. The molecule has 1 saturated heterocycles. The molecule has 0 aliphatic carbocycles. The molecule has 1 aromatic carbocycles.